The molecule has 1 fully saturated rings. The van der Waals surface area contributed by atoms with Crippen LogP contribution in [0, 0.1) is 5.82 Å². The Morgan fingerprint density at radius 2 is 1.81 bits per heavy atom. The topological polar surface area (TPSA) is 97.7 Å². The van der Waals surface area contributed by atoms with Crippen LogP contribution >= 0.6 is 0 Å². The van der Waals surface area contributed by atoms with Crippen molar-refractivity contribution in [3.8, 4) is 0 Å². The number of likely N-dealkylation sites (tertiary alicyclic amines) is 1. The van der Waals surface area contributed by atoms with Crippen molar-refractivity contribution in [2.75, 3.05) is 6.54 Å². The zero-order chi connectivity index (χ0) is 19.6. The largest absolute Gasteiger partial charge is 0.550 e. The Hall–Kier alpha value is -3.48. The molecule has 1 heterocycles. The predicted molar refractivity (Wildman–Crippen MR) is 91.5 cm³/mol. The standard InChI is InChI=1S/C20H16FNO5/c21-14-8-4-7-13(11-14)17-16(18(25)12-5-2-1-3-6-12)19(26)20(27)22(17)10-9-15(23)24/h1-8,11,17,25H,9-10H2,(H,23,24)/p-1. The summed E-state index contributed by atoms with van der Waals surface area (Å²) >= 11 is 0. The number of hydrogen-bond donors (Lipinski definition) is 1. The molecule has 1 unspecified atom stereocenters. The van der Waals surface area contributed by atoms with Crippen LogP contribution in [0.2, 0.25) is 0 Å². The van der Waals surface area contributed by atoms with E-state index in [1.807, 2.05) is 0 Å². The van der Waals surface area contributed by atoms with Crippen LogP contribution in [0.15, 0.2) is 60.2 Å². The first-order valence-electron chi connectivity index (χ1n) is 8.19. The molecule has 138 valence electrons. The fourth-order valence-electron chi connectivity index (χ4n) is 3.10. The average molecular weight is 368 g/mol. The average Bonchev–Trinajstić information content (AvgIpc) is 2.91. The van der Waals surface area contributed by atoms with E-state index >= 15 is 0 Å². The maximum absolute atomic E-state index is 13.7. The molecule has 1 aliphatic rings. The number of rotatable bonds is 5. The van der Waals surface area contributed by atoms with Crippen LogP contribution in [0.3, 0.4) is 0 Å². The number of carbonyl (C=O) groups excluding carboxylic acids is 3. The maximum Gasteiger partial charge on any atom is 0.295 e. The van der Waals surface area contributed by atoms with Gasteiger partial charge in [-0.2, -0.15) is 0 Å². The van der Waals surface area contributed by atoms with E-state index in [1.165, 1.54) is 18.2 Å². The Balaban J connectivity index is 2.16. The molecule has 0 bridgehead atoms. The second-order valence-electron chi connectivity index (χ2n) is 6.04. The lowest BCUT2D eigenvalue weighted by Crippen LogP contribution is -2.34. The van der Waals surface area contributed by atoms with Crippen LogP contribution in [-0.4, -0.2) is 34.2 Å². The summed E-state index contributed by atoms with van der Waals surface area (Å²) < 4.78 is 13.7. The molecule has 1 aliphatic heterocycles. The fourth-order valence-corrected chi connectivity index (χ4v) is 3.10. The van der Waals surface area contributed by atoms with Gasteiger partial charge in [0.1, 0.15) is 11.6 Å². The summed E-state index contributed by atoms with van der Waals surface area (Å²) in [5.74, 6) is -4.29. The van der Waals surface area contributed by atoms with Crippen LogP contribution < -0.4 is 5.11 Å². The zero-order valence-corrected chi connectivity index (χ0v) is 14.1. The molecule has 2 aromatic rings. The Morgan fingerprint density at radius 3 is 2.44 bits per heavy atom. The van der Waals surface area contributed by atoms with Crippen LogP contribution in [0.5, 0.6) is 0 Å². The van der Waals surface area contributed by atoms with Crippen LogP contribution in [-0.2, 0) is 14.4 Å². The van der Waals surface area contributed by atoms with Gasteiger partial charge in [-0.05, 0) is 17.7 Å². The summed E-state index contributed by atoms with van der Waals surface area (Å²) in [6.45, 7) is -0.306. The van der Waals surface area contributed by atoms with E-state index in [-0.39, 0.29) is 17.7 Å². The highest BCUT2D eigenvalue weighted by atomic mass is 19.1. The Morgan fingerprint density at radius 1 is 1.11 bits per heavy atom. The van der Waals surface area contributed by atoms with Crippen molar-refractivity contribution in [1.29, 1.82) is 0 Å². The maximum atomic E-state index is 13.7. The molecule has 1 saturated heterocycles. The highest BCUT2D eigenvalue weighted by Crippen LogP contribution is 2.39. The van der Waals surface area contributed by atoms with E-state index in [1.54, 1.807) is 30.3 Å². The van der Waals surface area contributed by atoms with Gasteiger partial charge >= 0.3 is 0 Å². The molecule has 0 spiro atoms. The number of aliphatic hydroxyl groups excluding tert-OH is 1. The first-order valence-corrected chi connectivity index (χ1v) is 8.19. The third-order valence-corrected chi connectivity index (χ3v) is 4.31. The van der Waals surface area contributed by atoms with Crippen LogP contribution in [0.25, 0.3) is 5.76 Å². The predicted octanol–water partition coefficient (Wildman–Crippen LogP) is 1.39. The number of ketones is 1. The number of amides is 1. The van der Waals surface area contributed by atoms with E-state index in [4.69, 9.17) is 0 Å². The number of carboxylic acid groups (broad SMARTS) is 1. The molecule has 3 rings (SSSR count). The highest BCUT2D eigenvalue weighted by Gasteiger charge is 2.45. The number of Topliss-reactive ketones (excluding diaryl/α,β-unsaturated/α-hetero) is 1. The molecule has 0 aromatic heterocycles. The third-order valence-electron chi connectivity index (χ3n) is 4.31. The van der Waals surface area contributed by atoms with Gasteiger partial charge < -0.3 is 19.9 Å². The van der Waals surface area contributed by atoms with E-state index in [0.717, 1.165) is 11.0 Å². The number of aliphatic hydroxyl groups is 1. The molecular formula is C20H15FNO5-. The molecule has 1 amide bonds. The Bertz CT molecular complexity index is 938. The van der Waals surface area contributed by atoms with Crippen molar-refractivity contribution in [3.63, 3.8) is 0 Å². The minimum absolute atomic E-state index is 0.213. The Labute approximate surface area is 154 Å². The Kier molecular flexibility index (Phi) is 5.03. The smallest absolute Gasteiger partial charge is 0.295 e. The van der Waals surface area contributed by atoms with Gasteiger partial charge in [0.15, 0.2) is 0 Å². The first-order chi connectivity index (χ1) is 12.9. The number of aliphatic carboxylic acids is 1. The monoisotopic (exact) mass is 368 g/mol. The third kappa shape index (κ3) is 3.57. The van der Waals surface area contributed by atoms with Gasteiger partial charge in [-0.25, -0.2) is 4.39 Å². The highest BCUT2D eigenvalue weighted by molar-refractivity contribution is 6.46. The number of carbonyl (C=O) groups is 3. The molecule has 0 saturated carbocycles. The molecule has 0 radical (unpaired) electrons. The molecule has 1 N–H and O–H groups in total. The SMILES string of the molecule is O=C([O-])CCN1C(=O)C(=O)C(=C(O)c2ccccc2)C1c1cccc(F)c1. The number of hydrogen-bond acceptors (Lipinski definition) is 5. The minimum Gasteiger partial charge on any atom is -0.550 e. The van der Waals surface area contributed by atoms with Crippen LogP contribution in [0.4, 0.5) is 4.39 Å². The van der Waals surface area contributed by atoms with Gasteiger partial charge in [-0.3, -0.25) is 9.59 Å². The van der Waals surface area contributed by atoms with Crippen molar-refractivity contribution < 1.29 is 29.0 Å². The molecule has 0 aliphatic carbocycles. The molecule has 2 aromatic carbocycles. The van der Waals surface area contributed by atoms with Crippen molar-refractivity contribution in [3.05, 3.63) is 77.1 Å². The summed E-state index contributed by atoms with van der Waals surface area (Å²) in [5.41, 5.74) is 0.358. The zero-order valence-electron chi connectivity index (χ0n) is 14.1. The second-order valence-corrected chi connectivity index (χ2v) is 6.04. The molecular weight excluding hydrogens is 353 g/mol. The van der Waals surface area contributed by atoms with Gasteiger partial charge in [0.2, 0.25) is 0 Å². The lowest BCUT2D eigenvalue weighted by atomic mass is 9.95. The van der Waals surface area contributed by atoms with Gasteiger partial charge in [0.25, 0.3) is 11.7 Å². The van der Waals surface area contributed by atoms with Crippen molar-refractivity contribution in [2.45, 2.75) is 12.5 Å². The lowest BCUT2D eigenvalue weighted by Gasteiger charge is -2.25. The van der Waals surface area contributed by atoms with Crippen molar-refractivity contribution in [2.24, 2.45) is 0 Å². The van der Waals surface area contributed by atoms with Gasteiger partial charge in [0.05, 0.1) is 11.6 Å². The van der Waals surface area contributed by atoms with Gasteiger partial charge in [0, 0.05) is 24.5 Å². The van der Waals surface area contributed by atoms with Crippen LogP contribution in [0.1, 0.15) is 23.6 Å². The van der Waals surface area contributed by atoms with Gasteiger partial charge in [-0.15, -0.1) is 0 Å². The molecule has 6 nitrogen and oxygen atoms in total. The van der Waals surface area contributed by atoms with E-state index in [9.17, 15) is 29.0 Å². The second kappa shape index (κ2) is 7.41. The fraction of sp³-hybridized carbons (Fsp3) is 0.150. The normalized spacial score (nSPS) is 18.7. The quantitative estimate of drug-likeness (QED) is 0.489. The lowest BCUT2D eigenvalue weighted by molar-refractivity contribution is -0.305. The number of carboxylic acids is 1. The van der Waals surface area contributed by atoms with Gasteiger partial charge in [-0.1, -0.05) is 42.5 Å². The first kappa shape index (κ1) is 18.3. The van der Waals surface area contributed by atoms with Crippen molar-refractivity contribution in [1.82, 2.24) is 4.90 Å². The molecule has 7 heteroatoms. The minimum atomic E-state index is -1.39. The van der Waals surface area contributed by atoms with Crippen molar-refractivity contribution >= 4 is 23.4 Å². The molecule has 1 atom stereocenters. The summed E-state index contributed by atoms with van der Waals surface area (Å²) in [4.78, 5) is 36.9. The molecule has 27 heavy (non-hydrogen) atoms. The van der Waals surface area contributed by atoms with E-state index < -0.39 is 41.7 Å². The summed E-state index contributed by atoms with van der Waals surface area (Å²) in [6.07, 6.45) is -0.496. The van der Waals surface area contributed by atoms with E-state index in [2.05, 4.69) is 0 Å². The number of benzene rings is 2. The number of halogens is 1. The number of nitrogens with zero attached hydrogens (tertiary/aromatic N) is 1. The summed E-state index contributed by atoms with van der Waals surface area (Å²) in [6, 6.07) is 12.3. The van der Waals surface area contributed by atoms with E-state index in [0.29, 0.717) is 5.56 Å². The summed E-state index contributed by atoms with van der Waals surface area (Å²) in [7, 11) is 0. The summed E-state index contributed by atoms with van der Waals surface area (Å²) in [5, 5.41) is 21.5.